The molecule has 0 aromatic carbocycles. The molecule has 3 unspecified atom stereocenters. The smallest absolute Gasteiger partial charge is 0.0682 e. The third-order valence-electron chi connectivity index (χ3n) is 2.81. The van der Waals surface area contributed by atoms with Gasteiger partial charge < -0.3 is 10.8 Å². The van der Waals surface area contributed by atoms with E-state index in [4.69, 9.17) is 5.73 Å². The summed E-state index contributed by atoms with van der Waals surface area (Å²) in [5, 5.41) is 9.43. The first kappa shape index (κ1) is 9.96. The van der Waals surface area contributed by atoms with Crippen LogP contribution in [0.4, 0.5) is 0 Å². The molecule has 1 rings (SSSR count). The number of rotatable bonds is 3. The summed E-state index contributed by atoms with van der Waals surface area (Å²) in [6.45, 7) is 5.81. The lowest BCUT2D eigenvalue weighted by atomic mass is 10.1. The summed E-state index contributed by atoms with van der Waals surface area (Å²) in [4.78, 5) is 2.32. The van der Waals surface area contributed by atoms with Crippen LogP contribution in [0.25, 0.3) is 0 Å². The highest BCUT2D eigenvalue weighted by Crippen LogP contribution is 2.20. The second-order valence-corrected chi connectivity index (χ2v) is 3.73. The molecule has 1 fully saturated rings. The average Bonchev–Trinajstić information content (AvgIpc) is 2.34. The van der Waals surface area contributed by atoms with Crippen molar-refractivity contribution in [2.75, 3.05) is 13.1 Å². The fraction of sp³-hybridized carbons (Fsp3) is 1.00. The van der Waals surface area contributed by atoms with E-state index < -0.39 is 0 Å². The Morgan fingerprint density at radius 3 is 2.67 bits per heavy atom. The number of aliphatic hydroxyl groups is 1. The van der Waals surface area contributed by atoms with E-state index in [9.17, 15) is 5.11 Å². The van der Waals surface area contributed by atoms with E-state index in [1.54, 1.807) is 0 Å². The van der Waals surface area contributed by atoms with Gasteiger partial charge in [0.05, 0.1) is 6.10 Å². The molecule has 3 nitrogen and oxygen atoms in total. The van der Waals surface area contributed by atoms with E-state index in [0.717, 1.165) is 19.4 Å². The second kappa shape index (κ2) is 4.21. The van der Waals surface area contributed by atoms with Crippen molar-refractivity contribution in [2.24, 2.45) is 5.73 Å². The molecular formula is C9H20N2O. The van der Waals surface area contributed by atoms with Gasteiger partial charge in [0.15, 0.2) is 0 Å². The molecule has 3 atom stereocenters. The molecule has 0 bridgehead atoms. The Morgan fingerprint density at radius 2 is 2.33 bits per heavy atom. The molecule has 3 heteroatoms. The first-order valence-electron chi connectivity index (χ1n) is 4.82. The van der Waals surface area contributed by atoms with Crippen LogP contribution >= 0.6 is 0 Å². The van der Waals surface area contributed by atoms with E-state index in [2.05, 4.69) is 18.7 Å². The molecule has 3 N–H and O–H groups in total. The number of hydrogen-bond donors (Lipinski definition) is 2. The van der Waals surface area contributed by atoms with Crippen LogP contribution in [0.5, 0.6) is 0 Å². The van der Waals surface area contributed by atoms with Gasteiger partial charge in [-0.05, 0) is 19.8 Å². The van der Waals surface area contributed by atoms with Crippen molar-refractivity contribution < 1.29 is 5.11 Å². The molecule has 72 valence electrons. The minimum Gasteiger partial charge on any atom is -0.392 e. The number of likely N-dealkylation sites (tertiary alicyclic amines) is 1. The van der Waals surface area contributed by atoms with E-state index in [0.29, 0.717) is 18.6 Å². The van der Waals surface area contributed by atoms with Crippen LogP contribution in [0.1, 0.15) is 26.7 Å². The van der Waals surface area contributed by atoms with Crippen LogP contribution in [-0.2, 0) is 0 Å². The molecule has 1 heterocycles. The van der Waals surface area contributed by atoms with Gasteiger partial charge in [-0.15, -0.1) is 0 Å². The van der Waals surface area contributed by atoms with Crippen LogP contribution < -0.4 is 5.73 Å². The zero-order valence-electron chi connectivity index (χ0n) is 8.03. The summed E-state index contributed by atoms with van der Waals surface area (Å²) in [6.07, 6.45) is 1.84. The second-order valence-electron chi connectivity index (χ2n) is 3.73. The maximum absolute atomic E-state index is 9.43. The van der Waals surface area contributed by atoms with Gasteiger partial charge in [-0.25, -0.2) is 0 Å². The minimum absolute atomic E-state index is 0.138. The lowest BCUT2D eigenvalue weighted by Gasteiger charge is -2.29. The van der Waals surface area contributed by atoms with Gasteiger partial charge in [0, 0.05) is 25.2 Å². The number of nitrogens with two attached hydrogens (primary N) is 1. The van der Waals surface area contributed by atoms with Gasteiger partial charge in [0.2, 0.25) is 0 Å². The summed E-state index contributed by atoms with van der Waals surface area (Å²) in [7, 11) is 0. The highest BCUT2D eigenvalue weighted by molar-refractivity contribution is 4.86. The minimum atomic E-state index is -0.138. The molecule has 0 radical (unpaired) electrons. The van der Waals surface area contributed by atoms with Gasteiger partial charge in [0.25, 0.3) is 0 Å². The molecule has 1 saturated heterocycles. The summed E-state index contributed by atoms with van der Waals surface area (Å²) >= 11 is 0. The Morgan fingerprint density at radius 1 is 1.67 bits per heavy atom. The molecule has 12 heavy (non-hydrogen) atoms. The number of aliphatic hydroxyl groups excluding tert-OH is 1. The third-order valence-corrected chi connectivity index (χ3v) is 2.81. The van der Waals surface area contributed by atoms with E-state index in [1.165, 1.54) is 0 Å². The number of hydrogen-bond acceptors (Lipinski definition) is 3. The summed E-state index contributed by atoms with van der Waals surface area (Å²) in [5.74, 6) is 0. The number of β-amino-alcohol motifs (C(OH)–C–C–N with tert-alkyl or cyclic N) is 1. The molecular weight excluding hydrogens is 152 g/mol. The first-order chi connectivity index (χ1) is 5.69. The fourth-order valence-corrected chi connectivity index (χ4v) is 2.07. The zero-order chi connectivity index (χ0) is 9.14. The normalized spacial score (nSPS) is 34.0. The quantitative estimate of drug-likeness (QED) is 0.638. The van der Waals surface area contributed by atoms with Gasteiger partial charge in [-0.2, -0.15) is 0 Å². The lowest BCUT2D eigenvalue weighted by Crippen LogP contribution is -2.42. The van der Waals surface area contributed by atoms with E-state index in [-0.39, 0.29) is 6.10 Å². The Kier molecular flexibility index (Phi) is 3.50. The largest absolute Gasteiger partial charge is 0.392 e. The molecule has 1 aliphatic rings. The molecule has 0 amide bonds. The topological polar surface area (TPSA) is 49.5 Å². The first-order valence-corrected chi connectivity index (χ1v) is 4.82. The van der Waals surface area contributed by atoms with Crippen molar-refractivity contribution in [1.82, 2.24) is 4.90 Å². The molecule has 1 aliphatic heterocycles. The van der Waals surface area contributed by atoms with E-state index >= 15 is 0 Å². The molecule has 0 saturated carbocycles. The van der Waals surface area contributed by atoms with Gasteiger partial charge in [0.1, 0.15) is 0 Å². The van der Waals surface area contributed by atoms with Crippen LogP contribution in [0.15, 0.2) is 0 Å². The fourth-order valence-electron chi connectivity index (χ4n) is 2.07. The predicted molar refractivity (Wildman–Crippen MR) is 49.9 cm³/mol. The SMILES string of the molecule is CCC(CN)N1CC(O)CC1C. The van der Waals surface area contributed by atoms with Gasteiger partial charge in [-0.1, -0.05) is 6.92 Å². The van der Waals surface area contributed by atoms with Crippen LogP contribution in [-0.4, -0.2) is 41.3 Å². The van der Waals surface area contributed by atoms with Gasteiger partial charge in [-0.3, -0.25) is 4.90 Å². The maximum Gasteiger partial charge on any atom is 0.0682 e. The van der Waals surface area contributed by atoms with Crippen LogP contribution in [0, 0.1) is 0 Å². The van der Waals surface area contributed by atoms with Crippen molar-refractivity contribution in [1.29, 1.82) is 0 Å². The lowest BCUT2D eigenvalue weighted by molar-refractivity contribution is 0.150. The third kappa shape index (κ3) is 1.97. The standard InChI is InChI=1S/C9H20N2O/c1-3-8(5-10)11-6-9(12)4-7(11)2/h7-9,12H,3-6,10H2,1-2H3. The van der Waals surface area contributed by atoms with Crippen molar-refractivity contribution in [2.45, 2.75) is 44.9 Å². The Labute approximate surface area is 74.5 Å². The van der Waals surface area contributed by atoms with Gasteiger partial charge >= 0.3 is 0 Å². The highest BCUT2D eigenvalue weighted by Gasteiger charge is 2.31. The summed E-state index contributed by atoms with van der Waals surface area (Å²) in [5.41, 5.74) is 5.65. The highest BCUT2D eigenvalue weighted by atomic mass is 16.3. The summed E-state index contributed by atoms with van der Waals surface area (Å²) in [6, 6.07) is 0.950. The van der Waals surface area contributed by atoms with Crippen molar-refractivity contribution >= 4 is 0 Å². The van der Waals surface area contributed by atoms with Crippen LogP contribution in [0.3, 0.4) is 0 Å². The Bertz CT molecular complexity index is 136. The van der Waals surface area contributed by atoms with Crippen molar-refractivity contribution in [3.05, 3.63) is 0 Å². The predicted octanol–water partition coefficient (Wildman–Crippen LogP) is 0.179. The maximum atomic E-state index is 9.43. The van der Waals surface area contributed by atoms with E-state index in [1.807, 2.05) is 0 Å². The molecule has 0 aromatic heterocycles. The monoisotopic (exact) mass is 172 g/mol. The average molecular weight is 172 g/mol. The van der Waals surface area contributed by atoms with Crippen LogP contribution in [0.2, 0.25) is 0 Å². The summed E-state index contributed by atoms with van der Waals surface area (Å²) < 4.78 is 0. The molecule has 0 spiro atoms. The molecule has 0 aliphatic carbocycles. The molecule has 0 aromatic rings. The van der Waals surface area contributed by atoms with Crippen molar-refractivity contribution in [3.63, 3.8) is 0 Å². The number of nitrogens with zero attached hydrogens (tertiary/aromatic N) is 1. The Hall–Kier alpha value is -0.120. The zero-order valence-corrected chi connectivity index (χ0v) is 8.03. The van der Waals surface area contributed by atoms with Crippen molar-refractivity contribution in [3.8, 4) is 0 Å². The Balaban J connectivity index is 2.50.